The highest BCUT2D eigenvalue weighted by Crippen LogP contribution is 2.42. The molecule has 2 aromatic carbocycles. The highest BCUT2D eigenvalue weighted by atomic mass is 32.2. The largest absolute Gasteiger partial charge is 0.296 e. The summed E-state index contributed by atoms with van der Waals surface area (Å²) in [6, 6.07) is 11.5. The highest BCUT2D eigenvalue weighted by Gasteiger charge is 2.27. The minimum absolute atomic E-state index is 0.0587. The van der Waals surface area contributed by atoms with Gasteiger partial charge in [-0.3, -0.25) is 4.18 Å². The van der Waals surface area contributed by atoms with Crippen molar-refractivity contribution in [2.24, 2.45) is 0 Å². The molecule has 0 heterocycles. The molecule has 0 N–H and O–H groups in total. The third kappa shape index (κ3) is 3.79. The van der Waals surface area contributed by atoms with Gasteiger partial charge in [0, 0.05) is 6.42 Å². The maximum atomic E-state index is 14.0. The molecule has 1 aliphatic rings. The second-order valence-corrected chi connectivity index (χ2v) is 7.54. The Labute approximate surface area is 136 Å². The second-order valence-electron chi connectivity index (χ2n) is 5.92. The van der Waals surface area contributed by atoms with Gasteiger partial charge in [0.1, 0.15) is 5.82 Å². The number of benzene rings is 2. The van der Waals surface area contributed by atoms with Crippen LogP contribution in [0.15, 0.2) is 47.4 Å². The van der Waals surface area contributed by atoms with Gasteiger partial charge in [-0.05, 0) is 55.0 Å². The van der Waals surface area contributed by atoms with E-state index in [4.69, 9.17) is 4.18 Å². The minimum atomic E-state index is -3.80. The van der Waals surface area contributed by atoms with Crippen molar-refractivity contribution in [1.82, 2.24) is 0 Å². The maximum Gasteiger partial charge on any atom is 0.296 e. The van der Waals surface area contributed by atoms with E-state index in [0.717, 1.165) is 24.0 Å². The van der Waals surface area contributed by atoms with E-state index in [-0.39, 0.29) is 23.7 Å². The van der Waals surface area contributed by atoms with Crippen LogP contribution in [0.5, 0.6) is 0 Å². The van der Waals surface area contributed by atoms with Crippen LogP contribution in [0.3, 0.4) is 0 Å². The molecule has 0 aromatic heterocycles. The Morgan fingerprint density at radius 1 is 1.13 bits per heavy atom. The first-order chi connectivity index (χ1) is 11.0. The van der Waals surface area contributed by atoms with Gasteiger partial charge in [-0.25, -0.2) is 4.39 Å². The van der Waals surface area contributed by atoms with Crippen LogP contribution in [-0.4, -0.2) is 15.0 Å². The lowest BCUT2D eigenvalue weighted by Gasteiger charge is -2.11. The average molecular weight is 334 g/mol. The molecule has 0 aliphatic heterocycles. The van der Waals surface area contributed by atoms with Crippen molar-refractivity contribution >= 4 is 10.1 Å². The zero-order chi connectivity index (χ0) is 16.4. The number of aryl methyl sites for hydroxylation is 1. The minimum Gasteiger partial charge on any atom is -0.266 e. The molecule has 1 fully saturated rings. The second kappa shape index (κ2) is 6.42. The van der Waals surface area contributed by atoms with Gasteiger partial charge < -0.3 is 0 Å². The normalized spacial score (nSPS) is 14.9. The van der Waals surface area contributed by atoms with Crippen LogP contribution in [0.25, 0.3) is 0 Å². The lowest BCUT2D eigenvalue weighted by atomic mass is 10.0. The summed E-state index contributed by atoms with van der Waals surface area (Å²) in [6.45, 7) is 1.83. The van der Waals surface area contributed by atoms with Crippen molar-refractivity contribution < 1.29 is 17.0 Å². The van der Waals surface area contributed by atoms with Crippen molar-refractivity contribution in [2.75, 3.05) is 6.61 Å². The Hall–Kier alpha value is -1.72. The van der Waals surface area contributed by atoms with Crippen molar-refractivity contribution in [3.8, 4) is 0 Å². The first kappa shape index (κ1) is 16.1. The van der Waals surface area contributed by atoms with Gasteiger partial charge in [-0.1, -0.05) is 29.8 Å². The fraction of sp³-hybridized carbons (Fsp3) is 0.333. The predicted octanol–water partition coefficient (Wildman–Crippen LogP) is 3.96. The summed E-state index contributed by atoms with van der Waals surface area (Å²) in [6.07, 6.45) is 2.39. The summed E-state index contributed by atoms with van der Waals surface area (Å²) < 4.78 is 43.4. The molecule has 0 amide bonds. The third-order valence-corrected chi connectivity index (χ3v) is 5.40. The molecule has 0 bridgehead atoms. The molecule has 3 rings (SSSR count). The molecule has 3 nitrogen and oxygen atoms in total. The first-order valence-electron chi connectivity index (χ1n) is 7.71. The van der Waals surface area contributed by atoms with E-state index in [1.54, 1.807) is 18.2 Å². The molecular weight excluding hydrogens is 315 g/mol. The van der Waals surface area contributed by atoms with E-state index in [9.17, 15) is 12.8 Å². The third-order valence-electron chi connectivity index (χ3n) is 4.07. The molecule has 0 saturated heterocycles. The van der Waals surface area contributed by atoms with Gasteiger partial charge in [-0.2, -0.15) is 8.42 Å². The van der Waals surface area contributed by atoms with Crippen LogP contribution in [0, 0.1) is 12.7 Å². The molecule has 122 valence electrons. The Morgan fingerprint density at radius 2 is 1.83 bits per heavy atom. The topological polar surface area (TPSA) is 43.4 Å². The average Bonchev–Trinajstić information content (AvgIpc) is 3.34. The molecule has 0 spiro atoms. The molecule has 0 radical (unpaired) electrons. The van der Waals surface area contributed by atoms with E-state index >= 15 is 0 Å². The molecule has 0 unspecified atom stereocenters. The van der Waals surface area contributed by atoms with Crippen molar-refractivity contribution in [3.05, 3.63) is 65.0 Å². The molecule has 1 saturated carbocycles. The fourth-order valence-electron chi connectivity index (χ4n) is 2.64. The summed E-state index contributed by atoms with van der Waals surface area (Å²) in [7, 11) is -3.80. The Kier molecular flexibility index (Phi) is 4.50. The Morgan fingerprint density at radius 3 is 2.48 bits per heavy atom. The maximum absolute atomic E-state index is 14.0. The van der Waals surface area contributed by atoms with Gasteiger partial charge in [0.15, 0.2) is 0 Å². The number of halogens is 1. The Balaban J connectivity index is 1.69. The molecule has 0 atom stereocenters. The summed E-state index contributed by atoms with van der Waals surface area (Å²) >= 11 is 0. The van der Waals surface area contributed by atoms with Crippen LogP contribution < -0.4 is 0 Å². The van der Waals surface area contributed by atoms with E-state index in [2.05, 4.69) is 0 Å². The van der Waals surface area contributed by atoms with E-state index in [1.807, 2.05) is 13.0 Å². The standard InChI is InChI=1S/C18H19FO3S/c1-13-5-9-15(10-6-13)23(20,21)22-12-11-17-16(14-7-8-14)3-2-4-18(17)19/h2-6,9-10,14H,7-8,11-12H2,1H3. The number of hydrogen-bond acceptors (Lipinski definition) is 3. The van der Waals surface area contributed by atoms with Crippen molar-refractivity contribution in [2.45, 2.75) is 37.0 Å². The van der Waals surface area contributed by atoms with Crippen LogP contribution >= 0.6 is 0 Å². The molecule has 2 aromatic rings. The lowest BCUT2D eigenvalue weighted by molar-refractivity contribution is 0.320. The van der Waals surface area contributed by atoms with Crippen LogP contribution in [0.4, 0.5) is 4.39 Å². The van der Waals surface area contributed by atoms with Gasteiger partial charge in [0.25, 0.3) is 10.1 Å². The van der Waals surface area contributed by atoms with Gasteiger partial charge in [-0.15, -0.1) is 0 Å². The van der Waals surface area contributed by atoms with Gasteiger partial charge in [0.2, 0.25) is 0 Å². The van der Waals surface area contributed by atoms with E-state index in [0.29, 0.717) is 11.5 Å². The zero-order valence-electron chi connectivity index (χ0n) is 13.0. The quantitative estimate of drug-likeness (QED) is 0.751. The Bertz CT molecular complexity index is 794. The highest BCUT2D eigenvalue weighted by molar-refractivity contribution is 7.86. The first-order valence-corrected chi connectivity index (χ1v) is 9.11. The van der Waals surface area contributed by atoms with Crippen LogP contribution in [0.2, 0.25) is 0 Å². The van der Waals surface area contributed by atoms with Crippen molar-refractivity contribution in [3.63, 3.8) is 0 Å². The smallest absolute Gasteiger partial charge is 0.266 e. The molecule has 23 heavy (non-hydrogen) atoms. The molecule has 1 aliphatic carbocycles. The SMILES string of the molecule is Cc1ccc(S(=O)(=O)OCCc2c(F)cccc2C2CC2)cc1. The van der Waals surface area contributed by atoms with Crippen LogP contribution in [-0.2, 0) is 20.7 Å². The summed E-state index contributed by atoms with van der Waals surface area (Å²) in [5.41, 5.74) is 2.54. The van der Waals surface area contributed by atoms with Crippen LogP contribution in [0.1, 0.15) is 35.4 Å². The lowest BCUT2D eigenvalue weighted by Crippen LogP contribution is -2.10. The summed E-state index contributed by atoms with van der Waals surface area (Å²) in [5.74, 6) is 0.125. The monoisotopic (exact) mass is 334 g/mol. The van der Waals surface area contributed by atoms with Crippen molar-refractivity contribution in [1.29, 1.82) is 0 Å². The van der Waals surface area contributed by atoms with E-state index in [1.165, 1.54) is 18.2 Å². The molecule has 5 heteroatoms. The predicted molar refractivity (Wildman–Crippen MR) is 86.4 cm³/mol. The van der Waals surface area contributed by atoms with Gasteiger partial charge in [0.05, 0.1) is 11.5 Å². The summed E-state index contributed by atoms with van der Waals surface area (Å²) in [4.78, 5) is 0.124. The molecular formula is C18H19FO3S. The van der Waals surface area contributed by atoms with Gasteiger partial charge >= 0.3 is 0 Å². The zero-order valence-corrected chi connectivity index (χ0v) is 13.8. The fourth-order valence-corrected chi connectivity index (χ4v) is 3.55. The van der Waals surface area contributed by atoms with E-state index < -0.39 is 10.1 Å². The number of rotatable bonds is 6. The number of hydrogen-bond donors (Lipinski definition) is 0. The summed E-state index contributed by atoms with van der Waals surface area (Å²) in [5, 5.41) is 0.